The summed E-state index contributed by atoms with van der Waals surface area (Å²) in [7, 11) is 0. The molecule has 0 N–H and O–H groups in total. The fraction of sp³-hybridized carbons (Fsp3) is 0.200. The van der Waals surface area contributed by atoms with E-state index in [0.717, 1.165) is 12.4 Å². The van der Waals surface area contributed by atoms with Gasteiger partial charge < -0.3 is 0 Å². The van der Waals surface area contributed by atoms with Crippen LogP contribution in [0.25, 0.3) is 11.4 Å². The van der Waals surface area contributed by atoms with Gasteiger partial charge in [-0.25, -0.2) is 19.9 Å². The third-order valence-electron chi connectivity index (χ3n) is 2.21. The Labute approximate surface area is 117 Å². The van der Waals surface area contributed by atoms with Gasteiger partial charge in [0.2, 0.25) is 5.82 Å². The van der Waals surface area contributed by atoms with E-state index in [9.17, 15) is 26.3 Å². The summed E-state index contributed by atoms with van der Waals surface area (Å²) in [5, 5.41) is -0.868. The number of hydrogen-bond donors (Lipinski definition) is 0. The van der Waals surface area contributed by atoms with Crippen molar-refractivity contribution in [2.45, 2.75) is 12.4 Å². The summed E-state index contributed by atoms with van der Waals surface area (Å²) in [5.74, 6) is -1.70. The highest BCUT2D eigenvalue weighted by Gasteiger charge is 2.35. The summed E-state index contributed by atoms with van der Waals surface area (Å²) in [6.07, 6.45) is -7.53. The largest absolute Gasteiger partial charge is 0.451 e. The summed E-state index contributed by atoms with van der Waals surface area (Å²) in [6, 6.07) is 0. The summed E-state index contributed by atoms with van der Waals surface area (Å²) in [5.41, 5.74) is -1.35. The Balaban J connectivity index is 2.37. The van der Waals surface area contributed by atoms with Crippen molar-refractivity contribution in [2.24, 2.45) is 0 Å². The van der Waals surface area contributed by atoms with E-state index >= 15 is 0 Å². The van der Waals surface area contributed by atoms with Crippen molar-refractivity contribution in [3.63, 3.8) is 0 Å². The van der Waals surface area contributed by atoms with E-state index in [4.69, 9.17) is 11.6 Å². The number of nitrogens with zero attached hydrogens (tertiary/aromatic N) is 4. The Hall–Kier alpha value is -1.97. The normalized spacial score (nSPS) is 12.5. The van der Waals surface area contributed by atoms with Crippen molar-refractivity contribution < 1.29 is 26.3 Å². The minimum Gasteiger partial charge on any atom is -0.236 e. The van der Waals surface area contributed by atoms with Crippen molar-refractivity contribution in [1.29, 1.82) is 0 Å². The summed E-state index contributed by atoms with van der Waals surface area (Å²) in [4.78, 5) is 12.9. The van der Waals surface area contributed by atoms with Crippen molar-refractivity contribution in [3.05, 3.63) is 35.1 Å². The molecule has 2 aromatic rings. The molecule has 2 heterocycles. The van der Waals surface area contributed by atoms with Gasteiger partial charge in [-0.15, -0.1) is 0 Å². The quantitative estimate of drug-likeness (QED) is 0.592. The number of alkyl halides is 6. The molecule has 0 aliphatic carbocycles. The van der Waals surface area contributed by atoms with Crippen LogP contribution in [-0.4, -0.2) is 19.9 Å². The Bertz CT molecular complexity index is 652. The molecule has 0 atom stereocenters. The van der Waals surface area contributed by atoms with Crippen LogP contribution in [0.1, 0.15) is 11.4 Å². The van der Waals surface area contributed by atoms with Gasteiger partial charge in [-0.2, -0.15) is 26.3 Å². The predicted molar refractivity (Wildman–Crippen MR) is 58.1 cm³/mol. The molecule has 0 amide bonds. The topological polar surface area (TPSA) is 51.6 Å². The maximum Gasteiger partial charge on any atom is 0.451 e. The smallest absolute Gasteiger partial charge is 0.236 e. The minimum atomic E-state index is -4.73. The first-order valence-electron chi connectivity index (χ1n) is 5.08. The molecule has 0 saturated heterocycles. The Morgan fingerprint density at radius 1 is 0.810 bits per heavy atom. The highest BCUT2D eigenvalue weighted by atomic mass is 35.5. The predicted octanol–water partition coefficient (Wildman–Crippen LogP) is 3.62. The van der Waals surface area contributed by atoms with Gasteiger partial charge in [0.1, 0.15) is 10.7 Å². The second-order valence-electron chi connectivity index (χ2n) is 3.69. The second-order valence-corrected chi connectivity index (χ2v) is 4.05. The molecule has 11 heteroatoms. The van der Waals surface area contributed by atoms with Crippen molar-refractivity contribution in [1.82, 2.24) is 19.9 Å². The van der Waals surface area contributed by atoms with Crippen LogP contribution in [0.4, 0.5) is 26.3 Å². The SMILES string of the molecule is FC(F)(F)c1ncc(-c2ncc(C(F)(F)F)c(Cl)n2)cn1. The van der Waals surface area contributed by atoms with Gasteiger partial charge in [-0.05, 0) is 0 Å². The van der Waals surface area contributed by atoms with E-state index < -0.39 is 28.9 Å². The van der Waals surface area contributed by atoms with Crippen LogP contribution in [0.3, 0.4) is 0 Å². The first-order chi connectivity index (χ1) is 9.59. The highest BCUT2D eigenvalue weighted by Crippen LogP contribution is 2.34. The zero-order valence-electron chi connectivity index (χ0n) is 9.67. The fourth-order valence-corrected chi connectivity index (χ4v) is 1.52. The maximum atomic E-state index is 12.5. The molecule has 2 aromatic heterocycles. The van der Waals surface area contributed by atoms with E-state index in [0.29, 0.717) is 6.20 Å². The lowest BCUT2D eigenvalue weighted by Gasteiger charge is -2.09. The molecule has 0 unspecified atom stereocenters. The van der Waals surface area contributed by atoms with Gasteiger partial charge >= 0.3 is 12.4 Å². The fourth-order valence-electron chi connectivity index (χ4n) is 1.28. The van der Waals surface area contributed by atoms with Crippen molar-refractivity contribution in [2.75, 3.05) is 0 Å². The van der Waals surface area contributed by atoms with E-state index in [-0.39, 0.29) is 11.4 Å². The summed E-state index contributed by atoms with van der Waals surface area (Å²) in [6.45, 7) is 0. The van der Waals surface area contributed by atoms with Gasteiger partial charge in [-0.3, -0.25) is 0 Å². The standard InChI is InChI=1S/C10H3ClF6N4/c11-6-5(9(12,13)14)3-18-7(21-6)4-1-19-8(20-2-4)10(15,16)17/h1-3H. The molecule has 0 saturated carbocycles. The molecular weight excluding hydrogens is 326 g/mol. The summed E-state index contributed by atoms with van der Waals surface area (Å²) < 4.78 is 74.2. The molecule has 2 rings (SSSR count). The van der Waals surface area contributed by atoms with Gasteiger partial charge in [0, 0.05) is 18.6 Å². The molecule has 0 bridgehead atoms. The lowest BCUT2D eigenvalue weighted by Crippen LogP contribution is -2.11. The number of aromatic nitrogens is 4. The number of hydrogen-bond acceptors (Lipinski definition) is 4. The highest BCUT2D eigenvalue weighted by molar-refractivity contribution is 6.30. The monoisotopic (exact) mass is 328 g/mol. The van der Waals surface area contributed by atoms with E-state index in [1.165, 1.54) is 0 Å². The first-order valence-corrected chi connectivity index (χ1v) is 5.46. The Kier molecular flexibility index (Phi) is 3.74. The molecule has 0 radical (unpaired) electrons. The van der Waals surface area contributed by atoms with E-state index in [2.05, 4.69) is 19.9 Å². The molecular formula is C10H3ClF6N4. The van der Waals surface area contributed by atoms with Gasteiger partial charge in [0.05, 0.1) is 5.56 Å². The molecule has 0 aliphatic rings. The average Bonchev–Trinajstić information content (AvgIpc) is 2.36. The molecule has 0 aliphatic heterocycles. The van der Waals surface area contributed by atoms with Gasteiger partial charge in [0.15, 0.2) is 5.82 Å². The molecule has 0 fully saturated rings. The van der Waals surface area contributed by atoms with Crippen molar-refractivity contribution in [3.8, 4) is 11.4 Å². The third kappa shape index (κ3) is 3.38. The average molecular weight is 329 g/mol. The van der Waals surface area contributed by atoms with E-state index in [1.54, 1.807) is 0 Å². The van der Waals surface area contributed by atoms with Crippen LogP contribution in [0.5, 0.6) is 0 Å². The number of halogens is 7. The zero-order chi connectivity index (χ0) is 15.8. The van der Waals surface area contributed by atoms with Crippen LogP contribution in [-0.2, 0) is 12.4 Å². The zero-order valence-corrected chi connectivity index (χ0v) is 10.4. The lowest BCUT2D eigenvalue weighted by atomic mass is 10.3. The van der Waals surface area contributed by atoms with Crippen molar-refractivity contribution >= 4 is 11.6 Å². The van der Waals surface area contributed by atoms with E-state index in [1.807, 2.05) is 0 Å². The van der Waals surface area contributed by atoms with Crippen LogP contribution in [0, 0.1) is 0 Å². The maximum absolute atomic E-state index is 12.5. The molecule has 21 heavy (non-hydrogen) atoms. The van der Waals surface area contributed by atoms with Gasteiger partial charge in [-0.1, -0.05) is 11.6 Å². The second kappa shape index (κ2) is 5.10. The number of rotatable bonds is 1. The van der Waals surface area contributed by atoms with Crippen LogP contribution in [0.2, 0.25) is 5.15 Å². The van der Waals surface area contributed by atoms with Crippen LogP contribution < -0.4 is 0 Å². The molecule has 4 nitrogen and oxygen atoms in total. The molecule has 0 aromatic carbocycles. The van der Waals surface area contributed by atoms with Gasteiger partial charge in [0.25, 0.3) is 0 Å². The first kappa shape index (κ1) is 15.4. The van der Waals surface area contributed by atoms with Crippen LogP contribution in [0.15, 0.2) is 18.6 Å². The Morgan fingerprint density at radius 2 is 1.38 bits per heavy atom. The lowest BCUT2D eigenvalue weighted by molar-refractivity contribution is -0.145. The van der Waals surface area contributed by atoms with Crippen LogP contribution >= 0.6 is 11.6 Å². The third-order valence-corrected chi connectivity index (χ3v) is 2.50. The Morgan fingerprint density at radius 3 is 1.81 bits per heavy atom. The summed E-state index contributed by atoms with van der Waals surface area (Å²) >= 11 is 5.38. The minimum absolute atomic E-state index is 0.0985. The molecule has 112 valence electrons. The molecule has 0 spiro atoms.